The second-order valence-corrected chi connectivity index (χ2v) is 6.11. The highest BCUT2D eigenvalue weighted by molar-refractivity contribution is 7.99. The molecule has 0 aromatic carbocycles. The molecule has 2 unspecified atom stereocenters. The van der Waals surface area contributed by atoms with Crippen molar-refractivity contribution in [2.24, 2.45) is 0 Å². The molecule has 2 atom stereocenters. The Morgan fingerprint density at radius 3 is 2.29 bits per heavy atom. The maximum atomic E-state index is 4.58. The van der Waals surface area contributed by atoms with E-state index < -0.39 is 0 Å². The number of rotatable bonds is 3. The van der Waals surface area contributed by atoms with Crippen molar-refractivity contribution in [3.8, 4) is 0 Å². The standard InChI is InChI=1S/C13H21N3S/c1-8-9(2)15-13(16-10(8)3)17-12-6-5-11(7-12)14-4/h11-12,14H,5-7H2,1-4H3. The van der Waals surface area contributed by atoms with E-state index in [-0.39, 0.29) is 0 Å². The van der Waals surface area contributed by atoms with E-state index in [1.807, 2.05) is 18.8 Å². The summed E-state index contributed by atoms with van der Waals surface area (Å²) < 4.78 is 0. The van der Waals surface area contributed by atoms with Gasteiger partial charge in [-0.05, 0) is 52.6 Å². The third-order valence-corrected chi connectivity index (χ3v) is 4.83. The van der Waals surface area contributed by atoms with E-state index in [1.165, 1.54) is 24.8 Å². The molecule has 4 heteroatoms. The van der Waals surface area contributed by atoms with Crippen LogP contribution in [0.2, 0.25) is 0 Å². The van der Waals surface area contributed by atoms with E-state index in [2.05, 4.69) is 36.1 Å². The van der Waals surface area contributed by atoms with Gasteiger partial charge in [0.15, 0.2) is 5.16 Å². The van der Waals surface area contributed by atoms with Crippen LogP contribution in [-0.2, 0) is 0 Å². The van der Waals surface area contributed by atoms with E-state index >= 15 is 0 Å². The molecule has 1 aromatic rings. The van der Waals surface area contributed by atoms with Crippen LogP contribution in [0.15, 0.2) is 5.16 Å². The first-order chi connectivity index (χ1) is 8.10. The normalized spacial score (nSPS) is 24.2. The molecule has 17 heavy (non-hydrogen) atoms. The molecule has 0 radical (unpaired) electrons. The number of aromatic nitrogens is 2. The highest BCUT2D eigenvalue weighted by atomic mass is 32.2. The second-order valence-electron chi connectivity index (χ2n) is 4.84. The molecular weight excluding hydrogens is 230 g/mol. The topological polar surface area (TPSA) is 37.8 Å². The van der Waals surface area contributed by atoms with Crippen LogP contribution in [-0.4, -0.2) is 28.3 Å². The molecule has 94 valence electrons. The van der Waals surface area contributed by atoms with Crippen molar-refractivity contribution >= 4 is 11.8 Å². The Labute approximate surface area is 108 Å². The summed E-state index contributed by atoms with van der Waals surface area (Å²) in [5.41, 5.74) is 3.44. The first kappa shape index (κ1) is 12.8. The van der Waals surface area contributed by atoms with Crippen molar-refractivity contribution in [2.45, 2.75) is 56.5 Å². The maximum Gasteiger partial charge on any atom is 0.188 e. The van der Waals surface area contributed by atoms with Crippen LogP contribution >= 0.6 is 11.8 Å². The first-order valence-electron chi connectivity index (χ1n) is 6.26. The number of hydrogen-bond acceptors (Lipinski definition) is 4. The molecule has 1 aliphatic rings. The molecule has 0 amide bonds. The Morgan fingerprint density at radius 2 is 1.76 bits per heavy atom. The fourth-order valence-electron chi connectivity index (χ4n) is 2.25. The number of aryl methyl sites for hydroxylation is 2. The molecule has 1 fully saturated rings. The summed E-state index contributed by atoms with van der Waals surface area (Å²) in [4.78, 5) is 9.16. The molecule has 0 bridgehead atoms. The van der Waals surface area contributed by atoms with Gasteiger partial charge in [0, 0.05) is 22.7 Å². The van der Waals surface area contributed by atoms with Crippen molar-refractivity contribution in [3.05, 3.63) is 17.0 Å². The zero-order valence-corrected chi connectivity index (χ0v) is 11.9. The van der Waals surface area contributed by atoms with Gasteiger partial charge in [0.05, 0.1) is 0 Å². The predicted molar refractivity (Wildman–Crippen MR) is 72.6 cm³/mol. The van der Waals surface area contributed by atoms with Gasteiger partial charge in [-0.2, -0.15) is 0 Å². The Kier molecular flexibility index (Phi) is 4.05. The molecule has 0 aliphatic heterocycles. The van der Waals surface area contributed by atoms with Crippen LogP contribution in [0.25, 0.3) is 0 Å². The molecule has 1 aromatic heterocycles. The van der Waals surface area contributed by atoms with Gasteiger partial charge in [0.25, 0.3) is 0 Å². The molecule has 0 spiro atoms. The summed E-state index contributed by atoms with van der Waals surface area (Å²) in [6.07, 6.45) is 3.78. The zero-order valence-electron chi connectivity index (χ0n) is 11.1. The quantitative estimate of drug-likeness (QED) is 0.838. The van der Waals surface area contributed by atoms with Gasteiger partial charge < -0.3 is 5.32 Å². The van der Waals surface area contributed by atoms with Crippen LogP contribution in [0.1, 0.15) is 36.2 Å². The van der Waals surface area contributed by atoms with Gasteiger partial charge in [-0.3, -0.25) is 0 Å². The lowest BCUT2D eigenvalue weighted by molar-refractivity contribution is 0.583. The largest absolute Gasteiger partial charge is 0.317 e. The van der Waals surface area contributed by atoms with Crippen molar-refractivity contribution in [3.63, 3.8) is 0 Å². The molecule has 0 saturated heterocycles. The third kappa shape index (κ3) is 2.99. The summed E-state index contributed by atoms with van der Waals surface area (Å²) in [5.74, 6) is 0. The van der Waals surface area contributed by atoms with E-state index in [9.17, 15) is 0 Å². The molecule has 2 rings (SSSR count). The van der Waals surface area contributed by atoms with Crippen molar-refractivity contribution < 1.29 is 0 Å². The monoisotopic (exact) mass is 251 g/mol. The van der Waals surface area contributed by atoms with Gasteiger partial charge in [0.2, 0.25) is 0 Å². The fourth-order valence-corrected chi connectivity index (χ4v) is 3.51. The van der Waals surface area contributed by atoms with E-state index in [0.717, 1.165) is 16.5 Å². The van der Waals surface area contributed by atoms with Crippen LogP contribution in [0.5, 0.6) is 0 Å². The van der Waals surface area contributed by atoms with E-state index in [4.69, 9.17) is 0 Å². The smallest absolute Gasteiger partial charge is 0.188 e. The highest BCUT2D eigenvalue weighted by Gasteiger charge is 2.25. The second kappa shape index (κ2) is 5.36. The fraction of sp³-hybridized carbons (Fsp3) is 0.692. The van der Waals surface area contributed by atoms with Gasteiger partial charge in [0.1, 0.15) is 0 Å². The SMILES string of the molecule is CNC1CCC(Sc2nc(C)c(C)c(C)n2)C1. The predicted octanol–water partition coefficient (Wildman–Crippen LogP) is 2.63. The maximum absolute atomic E-state index is 4.58. The minimum Gasteiger partial charge on any atom is -0.317 e. The van der Waals surface area contributed by atoms with Crippen LogP contribution < -0.4 is 5.32 Å². The lowest BCUT2D eigenvalue weighted by Gasteiger charge is -2.11. The molecule has 1 saturated carbocycles. The van der Waals surface area contributed by atoms with Crippen LogP contribution in [0.3, 0.4) is 0 Å². The first-order valence-corrected chi connectivity index (χ1v) is 7.14. The van der Waals surface area contributed by atoms with Gasteiger partial charge in [-0.1, -0.05) is 11.8 Å². The lowest BCUT2D eigenvalue weighted by Crippen LogP contribution is -2.21. The minimum absolute atomic E-state index is 0.675. The summed E-state index contributed by atoms with van der Waals surface area (Å²) in [5, 5.41) is 4.98. The highest BCUT2D eigenvalue weighted by Crippen LogP contribution is 2.33. The van der Waals surface area contributed by atoms with Gasteiger partial charge in [-0.25, -0.2) is 9.97 Å². The molecule has 1 N–H and O–H groups in total. The third-order valence-electron chi connectivity index (χ3n) is 3.68. The van der Waals surface area contributed by atoms with Crippen molar-refractivity contribution in [1.82, 2.24) is 15.3 Å². The number of hydrogen-bond donors (Lipinski definition) is 1. The molecule has 3 nitrogen and oxygen atoms in total. The summed E-state index contributed by atoms with van der Waals surface area (Å²) in [7, 11) is 2.05. The number of nitrogens with zero attached hydrogens (tertiary/aromatic N) is 2. The number of thioether (sulfide) groups is 1. The lowest BCUT2D eigenvalue weighted by atomic mass is 10.2. The van der Waals surface area contributed by atoms with Crippen molar-refractivity contribution in [2.75, 3.05) is 7.05 Å². The van der Waals surface area contributed by atoms with Crippen LogP contribution in [0, 0.1) is 20.8 Å². The zero-order chi connectivity index (χ0) is 12.4. The van der Waals surface area contributed by atoms with E-state index in [1.54, 1.807) is 0 Å². The Morgan fingerprint density at radius 1 is 1.12 bits per heavy atom. The van der Waals surface area contributed by atoms with E-state index in [0.29, 0.717) is 11.3 Å². The summed E-state index contributed by atoms with van der Waals surface area (Å²) in [6.45, 7) is 6.23. The Balaban J connectivity index is 2.04. The Bertz CT molecular complexity index is 383. The minimum atomic E-state index is 0.675. The molecule has 1 heterocycles. The molecule has 1 aliphatic carbocycles. The van der Waals surface area contributed by atoms with Gasteiger partial charge in [-0.15, -0.1) is 0 Å². The number of nitrogens with one attached hydrogen (secondary N) is 1. The van der Waals surface area contributed by atoms with Crippen LogP contribution in [0.4, 0.5) is 0 Å². The van der Waals surface area contributed by atoms with Crippen molar-refractivity contribution in [1.29, 1.82) is 0 Å². The molecular formula is C13H21N3S. The average molecular weight is 251 g/mol. The van der Waals surface area contributed by atoms with Gasteiger partial charge >= 0.3 is 0 Å². The average Bonchev–Trinajstić information content (AvgIpc) is 2.73. The summed E-state index contributed by atoms with van der Waals surface area (Å²) in [6, 6.07) is 0.681. The Hall–Kier alpha value is -0.610. The summed E-state index contributed by atoms with van der Waals surface area (Å²) >= 11 is 1.85.